The molecule has 0 atom stereocenters. The fraction of sp³-hybridized carbons (Fsp3) is 0.250. The number of hydrogen-bond acceptors (Lipinski definition) is 1. The van der Waals surface area contributed by atoms with Gasteiger partial charge in [-0.25, -0.2) is 0 Å². The molecule has 0 radical (unpaired) electrons. The highest BCUT2D eigenvalue weighted by Crippen LogP contribution is 2.30. The number of aryl methyl sites for hydroxylation is 1. The molecule has 1 aromatic heterocycles. The standard InChI is InChI=1S/C20H20N2O/c1-14-9-10-17-16(12-14)19-18(8-5-11-21-20(19)23)22(17)13-15-6-3-2-4-7-15/h2-4,6-7,9-10,12H,5,8,11,13H2,1H3,(H,21,23). The summed E-state index contributed by atoms with van der Waals surface area (Å²) in [5.74, 6) is 0.0694. The minimum Gasteiger partial charge on any atom is -0.352 e. The largest absolute Gasteiger partial charge is 0.352 e. The topological polar surface area (TPSA) is 34.0 Å². The summed E-state index contributed by atoms with van der Waals surface area (Å²) >= 11 is 0. The molecular formula is C20H20N2O. The molecule has 1 amide bonds. The summed E-state index contributed by atoms with van der Waals surface area (Å²) in [7, 11) is 0. The monoisotopic (exact) mass is 304 g/mol. The summed E-state index contributed by atoms with van der Waals surface area (Å²) in [5.41, 5.74) is 5.65. The first kappa shape index (κ1) is 14.1. The third kappa shape index (κ3) is 2.42. The van der Waals surface area contributed by atoms with Gasteiger partial charge in [0.05, 0.1) is 5.56 Å². The van der Waals surface area contributed by atoms with E-state index in [0.29, 0.717) is 0 Å². The van der Waals surface area contributed by atoms with Crippen LogP contribution in [0.1, 0.15) is 33.6 Å². The van der Waals surface area contributed by atoms with Crippen LogP contribution in [0.15, 0.2) is 48.5 Å². The maximum atomic E-state index is 12.6. The Kier molecular flexibility index (Phi) is 3.41. The van der Waals surface area contributed by atoms with Crippen LogP contribution in [0.4, 0.5) is 0 Å². The van der Waals surface area contributed by atoms with Gasteiger partial charge in [-0.2, -0.15) is 0 Å². The number of benzene rings is 2. The van der Waals surface area contributed by atoms with Gasteiger partial charge in [-0.05, 0) is 37.5 Å². The number of aromatic nitrogens is 1. The highest BCUT2D eigenvalue weighted by Gasteiger charge is 2.24. The van der Waals surface area contributed by atoms with Crippen molar-refractivity contribution < 1.29 is 4.79 Å². The van der Waals surface area contributed by atoms with Crippen molar-refractivity contribution in [3.8, 4) is 0 Å². The van der Waals surface area contributed by atoms with E-state index < -0.39 is 0 Å². The summed E-state index contributed by atoms with van der Waals surface area (Å²) < 4.78 is 2.32. The molecule has 0 saturated carbocycles. The zero-order valence-corrected chi connectivity index (χ0v) is 13.3. The lowest BCUT2D eigenvalue weighted by Gasteiger charge is -2.11. The molecule has 0 saturated heterocycles. The fourth-order valence-electron chi connectivity index (χ4n) is 3.53. The molecule has 1 aliphatic heterocycles. The van der Waals surface area contributed by atoms with Crippen molar-refractivity contribution in [1.82, 2.24) is 9.88 Å². The normalized spacial score (nSPS) is 14.4. The molecule has 1 aliphatic rings. The first-order valence-corrected chi connectivity index (χ1v) is 8.18. The van der Waals surface area contributed by atoms with E-state index in [9.17, 15) is 4.79 Å². The molecule has 0 fully saturated rings. The second-order valence-electron chi connectivity index (χ2n) is 6.27. The van der Waals surface area contributed by atoms with Crippen LogP contribution in [0.3, 0.4) is 0 Å². The van der Waals surface area contributed by atoms with E-state index in [1.807, 2.05) is 6.07 Å². The van der Waals surface area contributed by atoms with Crippen LogP contribution in [0, 0.1) is 6.92 Å². The number of carbonyl (C=O) groups excluding carboxylic acids is 1. The van der Waals surface area contributed by atoms with Crippen molar-refractivity contribution in [2.45, 2.75) is 26.3 Å². The number of carbonyl (C=O) groups is 1. The molecule has 0 spiro atoms. The van der Waals surface area contributed by atoms with E-state index in [2.05, 4.69) is 59.3 Å². The molecule has 23 heavy (non-hydrogen) atoms. The number of fused-ring (bicyclic) bond motifs is 3. The van der Waals surface area contributed by atoms with Crippen molar-refractivity contribution in [2.24, 2.45) is 0 Å². The van der Waals surface area contributed by atoms with E-state index in [4.69, 9.17) is 0 Å². The van der Waals surface area contributed by atoms with Gasteiger partial charge in [-0.15, -0.1) is 0 Å². The average molecular weight is 304 g/mol. The SMILES string of the molecule is Cc1ccc2c(c1)c1c(n2Cc2ccccc2)CCCNC1=O. The maximum Gasteiger partial charge on any atom is 0.253 e. The van der Waals surface area contributed by atoms with Gasteiger partial charge >= 0.3 is 0 Å². The van der Waals surface area contributed by atoms with Gasteiger partial charge in [-0.3, -0.25) is 4.79 Å². The number of amides is 1. The molecule has 2 heterocycles. The smallest absolute Gasteiger partial charge is 0.253 e. The number of nitrogens with one attached hydrogen (secondary N) is 1. The minimum atomic E-state index is 0.0694. The molecule has 0 bridgehead atoms. The number of rotatable bonds is 2. The van der Waals surface area contributed by atoms with Gasteiger partial charge in [0.25, 0.3) is 5.91 Å². The predicted octanol–water partition coefficient (Wildman–Crippen LogP) is 3.67. The molecule has 4 rings (SSSR count). The van der Waals surface area contributed by atoms with Crippen LogP contribution < -0.4 is 5.32 Å². The van der Waals surface area contributed by atoms with Crippen molar-refractivity contribution in [3.05, 3.63) is 70.9 Å². The first-order valence-electron chi connectivity index (χ1n) is 8.18. The lowest BCUT2D eigenvalue weighted by molar-refractivity contribution is 0.0957. The highest BCUT2D eigenvalue weighted by molar-refractivity contribution is 6.09. The van der Waals surface area contributed by atoms with Crippen molar-refractivity contribution in [3.63, 3.8) is 0 Å². The van der Waals surface area contributed by atoms with Crippen LogP contribution in [-0.4, -0.2) is 17.0 Å². The third-order valence-corrected chi connectivity index (χ3v) is 4.61. The van der Waals surface area contributed by atoms with Crippen LogP contribution in [0.5, 0.6) is 0 Å². The van der Waals surface area contributed by atoms with E-state index in [1.165, 1.54) is 16.8 Å². The lowest BCUT2D eigenvalue weighted by Crippen LogP contribution is -2.22. The Morgan fingerprint density at radius 1 is 1.13 bits per heavy atom. The Labute approximate surface area is 135 Å². The molecule has 116 valence electrons. The summed E-state index contributed by atoms with van der Waals surface area (Å²) in [4.78, 5) is 12.6. The Bertz CT molecular complexity index is 878. The Morgan fingerprint density at radius 2 is 1.96 bits per heavy atom. The van der Waals surface area contributed by atoms with Crippen LogP contribution >= 0.6 is 0 Å². The average Bonchev–Trinajstić information content (AvgIpc) is 2.71. The Hall–Kier alpha value is -2.55. The molecule has 0 aliphatic carbocycles. The van der Waals surface area contributed by atoms with Gasteiger partial charge in [0.15, 0.2) is 0 Å². The summed E-state index contributed by atoms with van der Waals surface area (Å²) in [6, 6.07) is 16.9. The van der Waals surface area contributed by atoms with E-state index in [0.717, 1.165) is 42.4 Å². The summed E-state index contributed by atoms with van der Waals surface area (Å²) in [6.07, 6.45) is 1.93. The number of nitrogens with zero attached hydrogens (tertiary/aromatic N) is 1. The minimum absolute atomic E-state index is 0.0694. The zero-order valence-electron chi connectivity index (χ0n) is 13.3. The van der Waals surface area contributed by atoms with E-state index >= 15 is 0 Å². The van der Waals surface area contributed by atoms with Crippen LogP contribution in [0.25, 0.3) is 10.9 Å². The van der Waals surface area contributed by atoms with Crippen molar-refractivity contribution in [2.75, 3.05) is 6.54 Å². The van der Waals surface area contributed by atoms with E-state index in [1.54, 1.807) is 0 Å². The third-order valence-electron chi connectivity index (χ3n) is 4.61. The highest BCUT2D eigenvalue weighted by atomic mass is 16.1. The Balaban J connectivity index is 1.95. The van der Waals surface area contributed by atoms with Crippen LogP contribution in [-0.2, 0) is 13.0 Å². The zero-order chi connectivity index (χ0) is 15.8. The quantitative estimate of drug-likeness (QED) is 0.770. The first-order chi connectivity index (χ1) is 11.2. The molecule has 1 N–H and O–H groups in total. The van der Waals surface area contributed by atoms with Gasteiger partial charge < -0.3 is 9.88 Å². The fourth-order valence-corrected chi connectivity index (χ4v) is 3.53. The lowest BCUT2D eigenvalue weighted by atomic mass is 10.1. The van der Waals surface area contributed by atoms with E-state index in [-0.39, 0.29) is 5.91 Å². The summed E-state index contributed by atoms with van der Waals surface area (Å²) in [6.45, 7) is 3.64. The van der Waals surface area contributed by atoms with Gasteiger partial charge in [0.2, 0.25) is 0 Å². The maximum absolute atomic E-state index is 12.6. The second-order valence-corrected chi connectivity index (χ2v) is 6.27. The number of hydrogen-bond donors (Lipinski definition) is 1. The molecule has 3 nitrogen and oxygen atoms in total. The second kappa shape index (κ2) is 5.58. The van der Waals surface area contributed by atoms with Crippen molar-refractivity contribution in [1.29, 1.82) is 0 Å². The van der Waals surface area contributed by atoms with Crippen LogP contribution in [0.2, 0.25) is 0 Å². The molecular weight excluding hydrogens is 284 g/mol. The molecule has 0 unspecified atom stereocenters. The van der Waals surface area contributed by atoms with Gasteiger partial charge in [0, 0.05) is 29.7 Å². The predicted molar refractivity (Wildman–Crippen MR) is 92.9 cm³/mol. The summed E-state index contributed by atoms with van der Waals surface area (Å²) in [5, 5.41) is 4.12. The molecule has 3 heteroatoms. The van der Waals surface area contributed by atoms with Gasteiger partial charge in [0.1, 0.15) is 0 Å². The Morgan fingerprint density at radius 3 is 2.78 bits per heavy atom. The molecule has 3 aromatic rings. The van der Waals surface area contributed by atoms with Gasteiger partial charge in [-0.1, -0.05) is 42.0 Å². The van der Waals surface area contributed by atoms with Crippen molar-refractivity contribution >= 4 is 16.8 Å². The molecule has 2 aromatic carbocycles.